The van der Waals surface area contributed by atoms with Gasteiger partial charge < -0.3 is 5.32 Å². The first kappa shape index (κ1) is 13.4. The Morgan fingerprint density at radius 3 is 2.50 bits per heavy atom. The van der Waals surface area contributed by atoms with E-state index in [9.17, 15) is 4.39 Å². The van der Waals surface area contributed by atoms with Crippen molar-refractivity contribution >= 4 is 46.3 Å². The van der Waals surface area contributed by atoms with Crippen LogP contribution in [-0.4, -0.2) is 4.98 Å². The largest absolute Gasteiger partial charge is 0.337 e. The lowest BCUT2D eigenvalue weighted by Gasteiger charge is -2.10. The van der Waals surface area contributed by atoms with E-state index in [0.29, 0.717) is 15.7 Å². The minimum absolute atomic E-state index is 0.0428. The predicted molar refractivity (Wildman–Crippen MR) is 73.7 cm³/mol. The van der Waals surface area contributed by atoms with Crippen LogP contribution in [0.3, 0.4) is 0 Å². The van der Waals surface area contributed by atoms with Gasteiger partial charge >= 0.3 is 0 Å². The molecule has 0 saturated heterocycles. The second-order valence-corrected chi connectivity index (χ2v) is 4.94. The van der Waals surface area contributed by atoms with Crippen LogP contribution >= 0.6 is 34.8 Å². The Bertz CT molecular complexity index is 602. The summed E-state index contributed by atoms with van der Waals surface area (Å²) in [5, 5.41) is 3.98. The van der Waals surface area contributed by atoms with Crippen LogP contribution in [0.4, 0.5) is 15.9 Å². The van der Waals surface area contributed by atoms with Crippen molar-refractivity contribution in [2.45, 2.75) is 6.92 Å². The Kier molecular flexibility index (Phi) is 3.95. The predicted octanol–water partition coefficient (Wildman–Crippen LogP) is 5.23. The maximum Gasteiger partial charge on any atom is 0.167 e. The van der Waals surface area contributed by atoms with E-state index in [2.05, 4.69) is 10.3 Å². The summed E-state index contributed by atoms with van der Waals surface area (Å²) in [6, 6.07) is 4.48. The maximum atomic E-state index is 13.6. The summed E-state index contributed by atoms with van der Waals surface area (Å²) in [6.45, 7) is 1.83. The smallest absolute Gasteiger partial charge is 0.167 e. The van der Waals surface area contributed by atoms with Crippen molar-refractivity contribution in [3.8, 4) is 0 Å². The summed E-state index contributed by atoms with van der Waals surface area (Å²) >= 11 is 17.6. The molecular weight excluding hydrogens is 298 g/mol. The molecule has 2 nitrogen and oxygen atoms in total. The Labute approximate surface area is 119 Å². The van der Waals surface area contributed by atoms with Gasteiger partial charge in [0.15, 0.2) is 11.6 Å². The number of hydrogen-bond donors (Lipinski definition) is 1. The van der Waals surface area contributed by atoms with Crippen LogP contribution in [0, 0.1) is 12.7 Å². The molecule has 6 heteroatoms. The summed E-state index contributed by atoms with van der Waals surface area (Å²) in [6.07, 6.45) is 1.34. The average Bonchev–Trinajstić information content (AvgIpc) is 2.29. The van der Waals surface area contributed by atoms with E-state index >= 15 is 0 Å². The molecular formula is C12H8Cl3FN2. The number of anilines is 2. The molecule has 0 aliphatic rings. The van der Waals surface area contributed by atoms with Crippen molar-refractivity contribution in [2.75, 3.05) is 5.32 Å². The molecule has 0 amide bonds. The van der Waals surface area contributed by atoms with Crippen molar-refractivity contribution in [2.24, 2.45) is 0 Å². The van der Waals surface area contributed by atoms with Gasteiger partial charge in [0.2, 0.25) is 0 Å². The first-order valence-electron chi connectivity index (χ1n) is 5.01. The van der Waals surface area contributed by atoms with Crippen LogP contribution in [0.1, 0.15) is 5.56 Å². The van der Waals surface area contributed by atoms with Crippen molar-refractivity contribution in [1.82, 2.24) is 4.98 Å². The van der Waals surface area contributed by atoms with Crippen molar-refractivity contribution in [3.05, 3.63) is 50.8 Å². The normalized spacial score (nSPS) is 10.5. The highest BCUT2D eigenvalue weighted by atomic mass is 35.5. The van der Waals surface area contributed by atoms with Crippen LogP contribution in [-0.2, 0) is 0 Å². The molecule has 0 aliphatic carbocycles. The molecule has 0 aliphatic heterocycles. The molecule has 0 spiro atoms. The van der Waals surface area contributed by atoms with Crippen molar-refractivity contribution < 1.29 is 4.39 Å². The van der Waals surface area contributed by atoms with Gasteiger partial charge in [0, 0.05) is 11.2 Å². The van der Waals surface area contributed by atoms with E-state index in [4.69, 9.17) is 34.8 Å². The van der Waals surface area contributed by atoms with E-state index in [1.165, 1.54) is 12.3 Å². The molecule has 0 fully saturated rings. The van der Waals surface area contributed by atoms with E-state index in [0.717, 1.165) is 5.56 Å². The average molecular weight is 306 g/mol. The molecule has 2 rings (SSSR count). The fraction of sp³-hybridized carbons (Fsp3) is 0.0833. The minimum atomic E-state index is -0.560. The number of benzene rings is 1. The zero-order chi connectivity index (χ0) is 13.3. The standard InChI is InChI=1S/C12H8Cl3FN2/c1-6-2-9(15)11(4-8(6)14)18-12-10(16)3-7(13)5-17-12/h2-5H,1H3,(H,17,18). The van der Waals surface area contributed by atoms with E-state index in [-0.39, 0.29) is 10.8 Å². The summed E-state index contributed by atoms with van der Waals surface area (Å²) in [5.41, 5.74) is 1.33. The van der Waals surface area contributed by atoms with Crippen molar-refractivity contribution in [1.29, 1.82) is 0 Å². The Balaban J connectivity index is 2.37. The Hall–Kier alpha value is -1.03. The summed E-state index contributed by atoms with van der Waals surface area (Å²) in [4.78, 5) is 3.85. The van der Waals surface area contributed by atoms with Gasteiger partial charge in [0.1, 0.15) is 0 Å². The number of nitrogens with zero attached hydrogens (tertiary/aromatic N) is 1. The molecule has 18 heavy (non-hydrogen) atoms. The highest BCUT2D eigenvalue weighted by Crippen LogP contribution is 2.31. The van der Waals surface area contributed by atoms with E-state index in [1.54, 1.807) is 12.1 Å². The zero-order valence-electron chi connectivity index (χ0n) is 9.27. The SMILES string of the molecule is Cc1cc(Cl)c(Nc2ncc(Cl)cc2F)cc1Cl. The van der Waals surface area contributed by atoms with Crippen LogP contribution in [0.25, 0.3) is 0 Å². The molecule has 0 radical (unpaired) electrons. The molecule has 94 valence electrons. The van der Waals surface area contributed by atoms with Crippen LogP contribution in [0.5, 0.6) is 0 Å². The molecule has 1 aromatic heterocycles. The number of nitrogens with one attached hydrogen (secondary N) is 1. The first-order chi connectivity index (χ1) is 8.47. The Morgan fingerprint density at radius 2 is 1.83 bits per heavy atom. The number of aromatic nitrogens is 1. The molecule has 0 unspecified atom stereocenters. The summed E-state index contributed by atoms with van der Waals surface area (Å²) < 4.78 is 13.6. The number of aryl methyl sites for hydroxylation is 1. The van der Waals surface area contributed by atoms with Gasteiger partial charge in [-0.3, -0.25) is 0 Å². The van der Waals surface area contributed by atoms with Gasteiger partial charge in [-0.05, 0) is 30.7 Å². The fourth-order valence-corrected chi connectivity index (χ4v) is 1.95. The van der Waals surface area contributed by atoms with E-state index < -0.39 is 5.82 Å². The van der Waals surface area contributed by atoms with E-state index in [1.807, 2.05) is 6.92 Å². The lowest BCUT2D eigenvalue weighted by Crippen LogP contribution is -1.98. The topological polar surface area (TPSA) is 24.9 Å². The third-order valence-corrected chi connectivity index (χ3v) is 3.24. The third kappa shape index (κ3) is 2.86. The molecule has 1 N–H and O–H groups in total. The lowest BCUT2D eigenvalue weighted by molar-refractivity contribution is 0.626. The van der Waals surface area contributed by atoms with Gasteiger partial charge in [-0.25, -0.2) is 9.37 Å². The maximum absolute atomic E-state index is 13.6. The minimum Gasteiger partial charge on any atom is -0.337 e. The fourth-order valence-electron chi connectivity index (χ4n) is 1.38. The second-order valence-electron chi connectivity index (χ2n) is 3.69. The highest BCUT2D eigenvalue weighted by molar-refractivity contribution is 6.35. The van der Waals surface area contributed by atoms with Gasteiger partial charge in [-0.2, -0.15) is 0 Å². The molecule has 1 aromatic carbocycles. The second kappa shape index (κ2) is 5.31. The van der Waals surface area contributed by atoms with Crippen LogP contribution < -0.4 is 5.32 Å². The number of hydrogen-bond acceptors (Lipinski definition) is 2. The summed E-state index contributed by atoms with van der Waals surface area (Å²) in [5.74, 6) is -0.517. The van der Waals surface area contributed by atoms with Crippen LogP contribution in [0.15, 0.2) is 24.4 Å². The summed E-state index contributed by atoms with van der Waals surface area (Å²) in [7, 11) is 0. The van der Waals surface area contributed by atoms with Gasteiger partial charge in [-0.15, -0.1) is 0 Å². The molecule has 0 bridgehead atoms. The highest BCUT2D eigenvalue weighted by Gasteiger charge is 2.09. The zero-order valence-corrected chi connectivity index (χ0v) is 11.5. The molecule has 1 heterocycles. The molecule has 0 atom stereocenters. The number of rotatable bonds is 2. The van der Waals surface area contributed by atoms with Gasteiger partial charge in [0.05, 0.1) is 15.7 Å². The Morgan fingerprint density at radius 1 is 1.11 bits per heavy atom. The van der Waals surface area contributed by atoms with Crippen molar-refractivity contribution in [3.63, 3.8) is 0 Å². The molecule has 0 saturated carbocycles. The van der Waals surface area contributed by atoms with Gasteiger partial charge in [-0.1, -0.05) is 34.8 Å². The number of pyridine rings is 1. The first-order valence-corrected chi connectivity index (χ1v) is 6.14. The third-order valence-electron chi connectivity index (χ3n) is 2.31. The quantitative estimate of drug-likeness (QED) is 0.821. The molecule has 2 aromatic rings. The monoisotopic (exact) mass is 304 g/mol. The lowest BCUT2D eigenvalue weighted by atomic mass is 10.2. The van der Waals surface area contributed by atoms with Gasteiger partial charge in [0.25, 0.3) is 0 Å². The number of halogens is 4. The van der Waals surface area contributed by atoms with Crippen LogP contribution in [0.2, 0.25) is 15.1 Å².